The first kappa shape index (κ1) is 31.2. The third-order valence-electron chi connectivity index (χ3n) is 4.65. The van der Waals surface area contributed by atoms with Gasteiger partial charge in [0, 0.05) is 6.42 Å². The molecule has 0 aromatic carbocycles. The summed E-state index contributed by atoms with van der Waals surface area (Å²) in [6.45, 7) is 0.293. The van der Waals surface area contributed by atoms with Crippen molar-refractivity contribution in [1.29, 1.82) is 0 Å². The van der Waals surface area contributed by atoms with Gasteiger partial charge in [-0.05, 0) is 32.2 Å². The van der Waals surface area contributed by atoms with Crippen LogP contribution in [-0.4, -0.2) is 82.4 Å². The molecule has 0 rings (SSSR count). The minimum Gasteiger partial charge on any atom is -0.481 e. The molecule has 4 unspecified atom stereocenters. The highest BCUT2D eigenvalue weighted by Crippen LogP contribution is 2.05. The lowest BCUT2D eigenvalue weighted by molar-refractivity contribution is -0.145. The fraction of sp³-hybridized carbons (Fsp3) is 0.632. The Bertz CT molecular complexity index is 806. The number of nitrogens with two attached hydrogens (primary N) is 4. The van der Waals surface area contributed by atoms with E-state index in [2.05, 4.69) is 10.6 Å². The number of unbranched alkanes of at least 4 members (excludes halogenated alkanes) is 1. The molecule has 0 aliphatic rings. The van der Waals surface area contributed by atoms with Crippen LogP contribution in [0.4, 0.5) is 0 Å². The quantitative estimate of drug-likeness (QED) is 0.0804. The maximum absolute atomic E-state index is 12.8. The molecule has 0 spiro atoms. The second-order valence-corrected chi connectivity index (χ2v) is 7.69. The Morgan fingerprint density at radius 2 is 1.23 bits per heavy atom. The van der Waals surface area contributed by atoms with Gasteiger partial charge in [0.15, 0.2) is 0 Å². The molecular weight excluding hydrogens is 470 g/mol. The number of hydrogen-bond donors (Lipinski definition) is 9. The number of amides is 5. The molecular formula is C19H33N7O9. The summed E-state index contributed by atoms with van der Waals surface area (Å²) in [5.41, 5.74) is 21.1. The molecule has 5 amide bonds. The highest BCUT2D eigenvalue weighted by atomic mass is 16.4. The van der Waals surface area contributed by atoms with Gasteiger partial charge >= 0.3 is 11.9 Å². The number of primary amides is 2. The summed E-state index contributed by atoms with van der Waals surface area (Å²) in [7, 11) is 0. The summed E-state index contributed by atoms with van der Waals surface area (Å²) in [6, 6.07) is -5.92. The van der Waals surface area contributed by atoms with Crippen molar-refractivity contribution in [1.82, 2.24) is 16.0 Å². The average Bonchev–Trinajstić information content (AvgIpc) is 2.74. The number of hydrogen-bond acceptors (Lipinski definition) is 9. The van der Waals surface area contributed by atoms with Crippen molar-refractivity contribution < 1.29 is 43.8 Å². The van der Waals surface area contributed by atoms with Crippen LogP contribution in [0.5, 0.6) is 0 Å². The second kappa shape index (κ2) is 15.9. The summed E-state index contributed by atoms with van der Waals surface area (Å²) in [4.78, 5) is 82.1. The molecule has 0 fully saturated rings. The SMILES string of the molecule is NCCCCC(NC(=O)C(N)CCC(N)=O)C(=O)NC(CC(=O)O)C(=O)NC(CC(N)=O)C(=O)O. The van der Waals surface area contributed by atoms with Gasteiger partial charge < -0.3 is 49.1 Å². The highest BCUT2D eigenvalue weighted by molar-refractivity contribution is 5.96. The molecule has 0 bridgehead atoms. The standard InChI is InChI=1S/C19H33N7O9/c20-6-2-1-3-10(24-16(31)9(21)4-5-13(22)27)17(32)25-11(8-15(29)30)18(33)26-12(19(34)35)7-14(23)28/h9-12H,1-8,20-21H2,(H2,22,27)(H2,23,28)(H,24,31)(H,25,32)(H,26,33)(H,29,30)(H,34,35). The van der Waals surface area contributed by atoms with Gasteiger partial charge in [0.2, 0.25) is 29.5 Å². The molecule has 0 heterocycles. The molecule has 0 radical (unpaired) electrons. The maximum atomic E-state index is 12.8. The Labute approximate surface area is 200 Å². The summed E-state index contributed by atoms with van der Waals surface area (Å²) in [5.74, 6) is -7.74. The van der Waals surface area contributed by atoms with Crippen molar-refractivity contribution in [3.8, 4) is 0 Å². The molecule has 0 aliphatic carbocycles. The Hall–Kier alpha value is -3.79. The third-order valence-corrected chi connectivity index (χ3v) is 4.65. The van der Waals surface area contributed by atoms with E-state index in [1.807, 2.05) is 5.32 Å². The normalized spacial score (nSPS) is 14.0. The van der Waals surface area contributed by atoms with Crippen molar-refractivity contribution in [3.63, 3.8) is 0 Å². The van der Waals surface area contributed by atoms with Gasteiger partial charge in [-0.1, -0.05) is 0 Å². The van der Waals surface area contributed by atoms with Gasteiger partial charge in [0.05, 0.1) is 18.9 Å². The molecule has 0 aromatic rings. The topological polar surface area (TPSA) is 300 Å². The lowest BCUT2D eigenvalue weighted by Gasteiger charge is -2.24. The number of carbonyl (C=O) groups is 7. The predicted octanol–water partition coefficient (Wildman–Crippen LogP) is -4.40. The molecule has 0 saturated heterocycles. The summed E-state index contributed by atoms with van der Waals surface area (Å²) in [5, 5.41) is 24.7. The van der Waals surface area contributed by atoms with E-state index >= 15 is 0 Å². The number of carboxylic acid groups (broad SMARTS) is 2. The molecule has 16 nitrogen and oxygen atoms in total. The van der Waals surface area contributed by atoms with Gasteiger partial charge in [-0.3, -0.25) is 28.8 Å². The molecule has 0 aromatic heterocycles. The van der Waals surface area contributed by atoms with E-state index in [4.69, 9.17) is 33.1 Å². The predicted molar refractivity (Wildman–Crippen MR) is 119 cm³/mol. The van der Waals surface area contributed by atoms with E-state index in [1.165, 1.54) is 0 Å². The maximum Gasteiger partial charge on any atom is 0.326 e. The van der Waals surface area contributed by atoms with Gasteiger partial charge in [0.1, 0.15) is 18.1 Å². The largest absolute Gasteiger partial charge is 0.481 e. The van der Waals surface area contributed by atoms with Crippen molar-refractivity contribution in [3.05, 3.63) is 0 Å². The fourth-order valence-electron chi connectivity index (χ4n) is 2.80. The van der Waals surface area contributed by atoms with Crippen molar-refractivity contribution in [2.45, 2.75) is 69.1 Å². The second-order valence-electron chi connectivity index (χ2n) is 7.69. The molecule has 35 heavy (non-hydrogen) atoms. The Morgan fingerprint density at radius 3 is 1.71 bits per heavy atom. The monoisotopic (exact) mass is 503 g/mol. The number of carbonyl (C=O) groups excluding carboxylic acids is 5. The van der Waals surface area contributed by atoms with Crippen molar-refractivity contribution in [2.75, 3.05) is 6.54 Å². The van der Waals surface area contributed by atoms with Crippen LogP contribution in [0.15, 0.2) is 0 Å². The van der Waals surface area contributed by atoms with E-state index in [1.54, 1.807) is 0 Å². The van der Waals surface area contributed by atoms with Crippen LogP contribution in [0.2, 0.25) is 0 Å². The molecule has 0 saturated carbocycles. The van der Waals surface area contributed by atoms with Crippen LogP contribution in [0, 0.1) is 0 Å². The molecule has 198 valence electrons. The van der Waals surface area contributed by atoms with Gasteiger partial charge in [-0.2, -0.15) is 0 Å². The minimum atomic E-state index is -1.75. The first-order chi connectivity index (χ1) is 16.3. The van der Waals surface area contributed by atoms with E-state index in [-0.39, 0.29) is 19.3 Å². The first-order valence-electron chi connectivity index (χ1n) is 10.7. The first-order valence-corrected chi connectivity index (χ1v) is 10.7. The zero-order chi connectivity index (χ0) is 27.1. The Morgan fingerprint density at radius 1 is 0.686 bits per heavy atom. The van der Waals surface area contributed by atoms with Crippen LogP contribution in [0.3, 0.4) is 0 Å². The Balaban J connectivity index is 5.53. The number of carboxylic acids is 2. The number of rotatable bonds is 18. The van der Waals surface area contributed by atoms with Gasteiger partial charge in [-0.15, -0.1) is 0 Å². The smallest absolute Gasteiger partial charge is 0.326 e. The van der Waals surface area contributed by atoms with E-state index in [0.717, 1.165) is 0 Å². The van der Waals surface area contributed by atoms with Crippen LogP contribution < -0.4 is 38.9 Å². The van der Waals surface area contributed by atoms with E-state index in [9.17, 15) is 33.6 Å². The summed E-state index contributed by atoms with van der Waals surface area (Å²) in [6.07, 6.45) is -1.04. The molecule has 0 aliphatic heterocycles. The molecule has 13 N–H and O–H groups in total. The molecule has 16 heteroatoms. The minimum absolute atomic E-state index is 0.0537. The zero-order valence-corrected chi connectivity index (χ0v) is 19.0. The van der Waals surface area contributed by atoms with Crippen LogP contribution in [-0.2, 0) is 33.6 Å². The van der Waals surface area contributed by atoms with Crippen molar-refractivity contribution >= 4 is 41.5 Å². The Kier molecular flexibility index (Phi) is 14.2. The zero-order valence-electron chi connectivity index (χ0n) is 19.0. The highest BCUT2D eigenvalue weighted by Gasteiger charge is 2.32. The number of aliphatic carboxylic acids is 2. The van der Waals surface area contributed by atoms with Crippen LogP contribution >= 0.6 is 0 Å². The lowest BCUT2D eigenvalue weighted by atomic mass is 10.1. The summed E-state index contributed by atoms with van der Waals surface area (Å²) < 4.78 is 0. The van der Waals surface area contributed by atoms with Crippen LogP contribution in [0.25, 0.3) is 0 Å². The van der Waals surface area contributed by atoms with Gasteiger partial charge in [-0.25, -0.2) is 4.79 Å². The third kappa shape index (κ3) is 13.5. The lowest BCUT2D eigenvalue weighted by Crippen LogP contribution is -2.57. The average molecular weight is 504 g/mol. The van der Waals surface area contributed by atoms with Crippen molar-refractivity contribution in [2.24, 2.45) is 22.9 Å². The van der Waals surface area contributed by atoms with E-state index in [0.29, 0.717) is 19.4 Å². The molecule has 4 atom stereocenters. The number of nitrogens with one attached hydrogen (secondary N) is 3. The summed E-state index contributed by atoms with van der Waals surface area (Å²) >= 11 is 0. The van der Waals surface area contributed by atoms with Gasteiger partial charge in [0.25, 0.3) is 0 Å². The fourth-order valence-corrected chi connectivity index (χ4v) is 2.80. The van der Waals surface area contributed by atoms with Crippen LogP contribution in [0.1, 0.15) is 44.9 Å². The van der Waals surface area contributed by atoms with E-state index < -0.39 is 78.5 Å².